The Bertz CT molecular complexity index is 830. The molecule has 0 bridgehead atoms. The predicted octanol–water partition coefficient (Wildman–Crippen LogP) is 3.73. The first kappa shape index (κ1) is 22.7. The first-order chi connectivity index (χ1) is 15.2. The molecule has 1 aromatic heterocycles. The molecule has 2 N–H and O–H groups in total. The lowest BCUT2D eigenvalue weighted by Crippen LogP contribution is -2.36. The van der Waals surface area contributed by atoms with Crippen LogP contribution >= 0.6 is 0 Å². The zero-order chi connectivity index (χ0) is 21.9. The van der Waals surface area contributed by atoms with Crippen molar-refractivity contribution in [2.75, 3.05) is 38.8 Å². The van der Waals surface area contributed by atoms with Crippen molar-refractivity contribution in [2.45, 2.75) is 45.7 Å². The van der Waals surface area contributed by atoms with Crippen LogP contribution < -0.4 is 25.0 Å². The number of ether oxygens (including phenoxy) is 2. The SMILES string of the molecule is CCNC(=NCc1ccc(N2CCCCCC2)nc1)NCc1ccc(OC)c(OC)c1. The van der Waals surface area contributed by atoms with Gasteiger partial charge in [0.25, 0.3) is 0 Å². The van der Waals surface area contributed by atoms with Crippen molar-refractivity contribution in [2.24, 2.45) is 4.99 Å². The van der Waals surface area contributed by atoms with Crippen LogP contribution in [0.25, 0.3) is 0 Å². The third-order valence-corrected chi connectivity index (χ3v) is 5.41. The molecule has 1 aliphatic rings. The van der Waals surface area contributed by atoms with E-state index in [2.05, 4.69) is 39.6 Å². The summed E-state index contributed by atoms with van der Waals surface area (Å²) in [6.45, 7) is 6.28. The highest BCUT2D eigenvalue weighted by molar-refractivity contribution is 5.79. The number of hydrogen-bond donors (Lipinski definition) is 2. The van der Waals surface area contributed by atoms with Gasteiger partial charge in [0.1, 0.15) is 5.82 Å². The molecular formula is C24H35N5O2. The molecule has 0 atom stereocenters. The third-order valence-electron chi connectivity index (χ3n) is 5.41. The van der Waals surface area contributed by atoms with Gasteiger partial charge in [-0.2, -0.15) is 0 Å². The zero-order valence-electron chi connectivity index (χ0n) is 19.0. The molecule has 0 saturated carbocycles. The van der Waals surface area contributed by atoms with Gasteiger partial charge in [0.05, 0.1) is 20.8 Å². The van der Waals surface area contributed by atoms with Crippen molar-refractivity contribution in [3.63, 3.8) is 0 Å². The van der Waals surface area contributed by atoms with Crippen LogP contribution in [0.3, 0.4) is 0 Å². The fourth-order valence-corrected chi connectivity index (χ4v) is 3.69. The van der Waals surface area contributed by atoms with Gasteiger partial charge in [0.2, 0.25) is 0 Å². The Hall–Kier alpha value is -2.96. The van der Waals surface area contributed by atoms with Gasteiger partial charge in [-0.05, 0) is 49.1 Å². The Morgan fingerprint density at radius 2 is 1.71 bits per heavy atom. The van der Waals surface area contributed by atoms with E-state index in [-0.39, 0.29) is 0 Å². The summed E-state index contributed by atoms with van der Waals surface area (Å²) in [6.07, 6.45) is 7.11. The summed E-state index contributed by atoms with van der Waals surface area (Å²) >= 11 is 0. The summed E-state index contributed by atoms with van der Waals surface area (Å²) in [5, 5.41) is 6.68. The van der Waals surface area contributed by atoms with Crippen LogP contribution in [0.2, 0.25) is 0 Å². The number of aliphatic imine (C=N–C) groups is 1. The van der Waals surface area contributed by atoms with E-state index in [0.717, 1.165) is 54.0 Å². The summed E-state index contributed by atoms with van der Waals surface area (Å²) in [7, 11) is 3.29. The number of nitrogens with zero attached hydrogens (tertiary/aromatic N) is 3. The molecule has 0 amide bonds. The van der Waals surface area contributed by atoms with Crippen molar-refractivity contribution in [1.29, 1.82) is 0 Å². The van der Waals surface area contributed by atoms with Crippen LogP contribution in [0.4, 0.5) is 5.82 Å². The maximum absolute atomic E-state index is 5.39. The summed E-state index contributed by atoms with van der Waals surface area (Å²) in [5.74, 6) is 3.30. The van der Waals surface area contributed by atoms with E-state index in [1.165, 1.54) is 25.7 Å². The van der Waals surface area contributed by atoms with Gasteiger partial charge < -0.3 is 25.0 Å². The summed E-state index contributed by atoms with van der Waals surface area (Å²) < 4.78 is 10.7. The molecule has 1 aliphatic heterocycles. The molecule has 2 aromatic rings. The highest BCUT2D eigenvalue weighted by Crippen LogP contribution is 2.27. The summed E-state index contributed by atoms with van der Waals surface area (Å²) in [5.41, 5.74) is 2.19. The molecule has 168 valence electrons. The topological polar surface area (TPSA) is 71.0 Å². The molecule has 31 heavy (non-hydrogen) atoms. The normalized spacial score (nSPS) is 14.7. The monoisotopic (exact) mass is 425 g/mol. The Labute approximate surface area is 185 Å². The molecule has 7 heteroatoms. The van der Waals surface area contributed by atoms with Crippen molar-refractivity contribution in [3.8, 4) is 11.5 Å². The maximum Gasteiger partial charge on any atom is 0.191 e. The molecule has 7 nitrogen and oxygen atoms in total. The van der Waals surface area contributed by atoms with Crippen LogP contribution in [-0.4, -0.2) is 44.8 Å². The minimum absolute atomic E-state index is 0.578. The van der Waals surface area contributed by atoms with Gasteiger partial charge in [-0.3, -0.25) is 0 Å². The first-order valence-electron chi connectivity index (χ1n) is 11.2. The number of benzene rings is 1. The van der Waals surface area contributed by atoms with Crippen molar-refractivity contribution >= 4 is 11.8 Å². The van der Waals surface area contributed by atoms with Gasteiger partial charge >= 0.3 is 0 Å². The highest BCUT2D eigenvalue weighted by atomic mass is 16.5. The number of anilines is 1. The van der Waals surface area contributed by atoms with Gasteiger partial charge in [-0.15, -0.1) is 0 Å². The smallest absolute Gasteiger partial charge is 0.191 e. The van der Waals surface area contributed by atoms with Crippen LogP contribution in [0, 0.1) is 0 Å². The number of aromatic nitrogens is 1. The lowest BCUT2D eigenvalue weighted by Gasteiger charge is -2.21. The molecule has 1 fully saturated rings. The van der Waals surface area contributed by atoms with Gasteiger partial charge in [-0.1, -0.05) is 25.0 Å². The van der Waals surface area contributed by atoms with Crippen molar-refractivity contribution < 1.29 is 9.47 Å². The summed E-state index contributed by atoms with van der Waals surface area (Å²) in [6, 6.07) is 10.2. The van der Waals surface area contributed by atoms with Crippen molar-refractivity contribution in [1.82, 2.24) is 15.6 Å². The Kier molecular flexibility index (Phi) is 8.82. The molecule has 0 unspecified atom stereocenters. The van der Waals surface area contributed by atoms with Gasteiger partial charge in [0, 0.05) is 32.4 Å². The predicted molar refractivity (Wildman–Crippen MR) is 126 cm³/mol. The van der Waals surface area contributed by atoms with E-state index in [1.54, 1.807) is 14.2 Å². The van der Waals surface area contributed by atoms with E-state index >= 15 is 0 Å². The fraction of sp³-hybridized carbons (Fsp3) is 0.500. The van der Waals surface area contributed by atoms with Crippen molar-refractivity contribution in [3.05, 3.63) is 47.7 Å². The van der Waals surface area contributed by atoms with Crippen LogP contribution in [0.15, 0.2) is 41.5 Å². The second-order valence-electron chi connectivity index (χ2n) is 7.66. The molecule has 0 spiro atoms. The average molecular weight is 426 g/mol. The van der Waals surface area contributed by atoms with Gasteiger partial charge in [0.15, 0.2) is 17.5 Å². The second kappa shape index (κ2) is 12.0. The quantitative estimate of drug-likeness (QED) is 0.496. The van der Waals surface area contributed by atoms with E-state index in [1.807, 2.05) is 24.4 Å². The number of hydrogen-bond acceptors (Lipinski definition) is 5. The van der Waals surface area contributed by atoms with E-state index in [9.17, 15) is 0 Å². The first-order valence-corrected chi connectivity index (χ1v) is 11.2. The molecule has 0 radical (unpaired) electrons. The molecular weight excluding hydrogens is 390 g/mol. The number of methoxy groups -OCH3 is 2. The van der Waals surface area contributed by atoms with Crippen LogP contribution in [-0.2, 0) is 13.1 Å². The molecule has 2 heterocycles. The van der Waals surface area contributed by atoms with E-state index in [0.29, 0.717) is 13.1 Å². The standard InChI is InChI=1S/C24H35N5O2/c1-4-25-24(27-16-19-9-11-21(30-2)22(15-19)31-3)28-18-20-10-12-23(26-17-20)29-13-7-5-6-8-14-29/h9-12,15,17H,4-8,13-14,16,18H2,1-3H3,(H2,25,27,28). The van der Waals surface area contributed by atoms with Crippen LogP contribution in [0.5, 0.6) is 11.5 Å². The average Bonchev–Trinajstić information content (AvgIpc) is 3.10. The fourth-order valence-electron chi connectivity index (χ4n) is 3.69. The van der Waals surface area contributed by atoms with Crippen LogP contribution in [0.1, 0.15) is 43.7 Å². The Balaban J connectivity index is 1.59. The highest BCUT2D eigenvalue weighted by Gasteiger charge is 2.11. The number of rotatable bonds is 8. The van der Waals surface area contributed by atoms with Gasteiger partial charge in [-0.25, -0.2) is 9.98 Å². The number of guanidine groups is 1. The zero-order valence-corrected chi connectivity index (χ0v) is 19.0. The molecule has 3 rings (SSSR count). The molecule has 0 aliphatic carbocycles. The summed E-state index contributed by atoms with van der Waals surface area (Å²) in [4.78, 5) is 11.8. The number of nitrogens with one attached hydrogen (secondary N) is 2. The Morgan fingerprint density at radius 1 is 0.968 bits per heavy atom. The maximum atomic E-state index is 5.39. The minimum atomic E-state index is 0.578. The third kappa shape index (κ3) is 6.77. The lowest BCUT2D eigenvalue weighted by atomic mass is 10.2. The number of pyridine rings is 1. The van der Waals surface area contributed by atoms with E-state index in [4.69, 9.17) is 14.5 Å². The lowest BCUT2D eigenvalue weighted by molar-refractivity contribution is 0.354. The minimum Gasteiger partial charge on any atom is -0.493 e. The molecule has 1 aromatic carbocycles. The van der Waals surface area contributed by atoms with E-state index < -0.39 is 0 Å². The largest absolute Gasteiger partial charge is 0.493 e. The second-order valence-corrected chi connectivity index (χ2v) is 7.66. The molecule has 1 saturated heterocycles. The Morgan fingerprint density at radius 3 is 2.35 bits per heavy atom.